The molecule has 0 saturated heterocycles. The van der Waals surface area contributed by atoms with E-state index in [0.717, 1.165) is 35.8 Å². The number of fused-ring (bicyclic) bond motifs is 1. The highest BCUT2D eigenvalue weighted by molar-refractivity contribution is 5.68. The van der Waals surface area contributed by atoms with E-state index in [2.05, 4.69) is 10.3 Å². The van der Waals surface area contributed by atoms with Crippen molar-refractivity contribution in [3.8, 4) is 22.8 Å². The SMILES string of the molecule is COc1ccc(-c2nc(NCCCOc3ccc4c(c3)CCC4CC(=O)O)ccc2C(F)(F)F)cc1. The number of hydrogen-bond acceptors (Lipinski definition) is 5. The molecule has 0 amide bonds. The lowest BCUT2D eigenvalue weighted by atomic mass is 9.98. The maximum absolute atomic E-state index is 13.6. The highest BCUT2D eigenvalue weighted by Crippen LogP contribution is 2.38. The maximum atomic E-state index is 13.6. The first-order valence-electron chi connectivity index (χ1n) is 11.7. The van der Waals surface area contributed by atoms with Crippen LogP contribution in [0.15, 0.2) is 54.6 Å². The topological polar surface area (TPSA) is 80.7 Å². The minimum atomic E-state index is -4.53. The minimum absolute atomic E-state index is 0.0507. The molecule has 2 aromatic carbocycles. The van der Waals surface area contributed by atoms with Gasteiger partial charge < -0.3 is 19.9 Å². The average Bonchev–Trinajstić information content (AvgIpc) is 3.24. The largest absolute Gasteiger partial charge is 0.497 e. The van der Waals surface area contributed by atoms with E-state index in [9.17, 15) is 18.0 Å². The lowest BCUT2D eigenvalue weighted by molar-refractivity contribution is -0.138. The zero-order valence-corrected chi connectivity index (χ0v) is 19.8. The predicted molar refractivity (Wildman–Crippen MR) is 130 cm³/mol. The molecule has 1 aliphatic rings. The van der Waals surface area contributed by atoms with Crippen LogP contribution < -0.4 is 14.8 Å². The van der Waals surface area contributed by atoms with Gasteiger partial charge in [0.25, 0.3) is 0 Å². The van der Waals surface area contributed by atoms with Gasteiger partial charge in [-0.25, -0.2) is 4.98 Å². The average molecular weight is 501 g/mol. The van der Waals surface area contributed by atoms with E-state index in [1.54, 1.807) is 24.3 Å². The Kier molecular flexibility index (Phi) is 7.67. The number of nitrogens with one attached hydrogen (secondary N) is 1. The number of ether oxygens (including phenoxy) is 2. The summed E-state index contributed by atoms with van der Waals surface area (Å²) in [6.45, 7) is 0.877. The number of rotatable bonds is 10. The Morgan fingerprint density at radius 2 is 1.86 bits per heavy atom. The van der Waals surface area contributed by atoms with Crippen LogP contribution in [0, 0.1) is 0 Å². The monoisotopic (exact) mass is 500 g/mol. The van der Waals surface area contributed by atoms with Gasteiger partial charge in [0, 0.05) is 12.1 Å². The van der Waals surface area contributed by atoms with Crippen molar-refractivity contribution < 1.29 is 32.5 Å². The molecule has 1 heterocycles. The van der Waals surface area contributed by atoms with Crippen molar-refractivity contribution in [1.82, 2.24) is 4.98 Å². The van der Waals surface area contributed by atoms with E-state index in [-0.39, 0.29) is 18.0 Å². The number of alkyl halides is 3. The highest BCUT2D eigenvalue weighted by atomic mass is 19.4. The third-order valence-electron chi connectivity index (χ3n) is 6.20. The fraction of sp³-hybridized carbons (Fsp3) is 0.333. The van der Waals surface area contributed by atoms with Gasteiger partial charge in [0.05, 0.1) is 31.4 Å². The molecule has 1 atom stereocenters. The molecule has 1 unspecified atom stereocenters. The van der Waals surface area contributed by atoms with Gasteiger partial charge in [0.15, 0.2) is 0 Å². The van der Waals surface area contributed by atoms with Gasteiger partial charge in [-0.15, -0.1) is 0 Å². The quantitative estimate of drug-likeness (QED) is 0.325. The number of nitrogens with zero attached hydrogens (tertiary/aromatic N) is 1. The second-order valence-corrected chi connectivity index (χ2v) is 8.64. The Balaban J connectivity index is 1.34. The molecule has 36 heavy (non-hydrogen) atoms. The lowest BCUT2D eigenvalue weighted by Crippen LogP contribution is -2.12. The van der Waals surface area contributed by atoms with Crippen molar-refractivity contribution in [2.45, 2.75) is 37.8 Å². The highest BCUT2D eigenvalue weighted by Gasteiger charge is 2.34. The number of hydrogen-bond donors (Lipinski definition) is 2. The number of aryl methyl sites for hydroxylation is 1. The van der Waals surface area contributed by atoms with Crippen LogP contribution in [0.25, 0.3) is 11.3 Å². The van der Waals surface area contributed by atoms with Crippen LogP contribution in [0.1, 0.15) is 41.9 Å². The number of carbonyl (C=O) groups is 1. The Hall–Kier alpha value is -3.75. The van der Waals surface area contributed by atoms with Crippen LogP contribution in [-0.4, -0.2) is 36.3 Å². The first kappa shape index (κ1) is 25.3. The molecular formula is C27H27F3N2O4. The molecule has 0 saturated carbocycles. The number of methoxy groups -OCH3 is 1. The molecular weight excluding hydrogens is 473 g/mol. The summed E-state index contributed by atoms with van der Waals surface area (Å²) in [5, 5.41) is 12.1. The minimum Gasteiger partial charge on any atom is -0.497 e. The standard InChI is InChI=1S/C27H27F3N2O4/c1-35-20-7-5-17(6-8-20)26-23(27(28,29)30)11-12-24(32-26)31-13-2-14-36-21-9-10-22-18(15-21)3-4-19(22)16-25(33)34/h5-12,15,19H,2-4,13-14,16H2,1H3,(H,31,32)(H,33,34). The molecule has 0 radical (unpaired) electrons. The molecule has 2 N–H and O–H groups in total. The second-order valence-electron chi connectivity index (χ2n) is 8.64. The van der Waals surface area contributed by atoms with Gasteiger partial charge in [-0.3, -0.25) is 4.79 Å². The molecule has 9 heteroatoms. The molecule has 3 aromatic rings. The summed E-state index contributed by atoms with van der Waals surface area (Å²) in [5.74, 6) is 0.870. The van der Waals surface area contributed by atoms with Crippen LogP contribution in [0.5, 0.6) is 11.5 Å². The van der Waals surface area contributed by atoms with Gasteiger partial charge in [0.1, 0.15) is 17.3 Å². The van der Waals surface area contributed by atoms with Crippen molar-refractivity contribution in [2.24, 2.45) is 0 Å². The zero-order chi connectivity index (χ0) is 25.7. The summed E-state index contributed by atoms with van der Waals surface area (Å²) >= 11 is 0. The Morgan fingerprint density at radius 3 is 2.56 bits per heavy atom. The molecule has 190 valence electrons. The van der Waals surface area contributed by atoms with Crippen LogP contribution in [0.2, 0.25) is 0 Å². The number of aliphatic carboxylic acids is 1. The van der Waals surface area contributed by atoms with E-state index in [0.29, 0.717) is 36.7 Å². The molecule has 0 spiro atoms. The fourth-order valence-corrected chi connectivity index (χ4v) is 4.43. The van der Waals surface area contributed by atoms with E-state index >= 15 is 0 Å². The molecule has 0 aliphatic heterocycles. The van der Waals surface area contributed by atoms with Gasteiger partial charge >= 0.3 is 12.1 Å². The zero-order valence-electron chi connectivity index (χ0n) is 19.8. The van der Waals surface area contributed by atoms with Crippen molar-refractivity contribution in [3.63, 3.8) is 0 Å². The molecule has 6 nitrogen and oxygen atoms in total. The number of halogens is 3. The van der Waals surface area contributed by atoms with Gasteiger partial charge in [-0.05, 0) is 84.8 Å². The van der Waals surface area contributed by atoms with Gasteiger partial charge in [0.2, 0.25) is 0 Å². The Labute approximate surface area is 207 Å². The number of carboxylic acids is 1. The Morgan fingerprint density at radius 1 is 1.11 bits per heavy atom. The summed E-state index contributed by atoms with van der Waals surface area (Å²) in [5.41, 5.74) is 1.59. The van der Waals surface area contributed by atoms with Crippen molar-refractivity contribution in [3.05, 3.63) is 71.3 Å². The van der Waals surface area contributed by atoms with Gasteiger partial charge in [-0.2, -0.15) is 13.2 Å². The molecule has 0 fully saturated rings. The van der Waals surface area contributed by atoms with E-state index in [1.807, 2.05) is 18.2 Å². The van der Waals surface area contributed by atoms with E-state index in [4.69, 9.17) is 14.6 Å². The van der Waals surface area contributed by atoms with E-state index < -0.39 is 17.7 Å². The Bertz CT molecular complexity index is 1210. The predicted octanol–water partition coefficient (Wildman–Crippen LogP) is 6.16. The lowest BCUT2D eigenvalue weighted by Gasteiger charge is -2.15. The number of anilines is 1. The van der Waals surface area contributed by atoms with Crippen molar-refractivity contribution in [2.75, 3.05) is 25.6 Å². The summed E-state index contributed by atoms with van der Waals surface area (Å²) in [6.07, 6.45) is -2.12. The summed E-state index contributed by atoms with van der Waals surface area (Å²) < 4.78 is 51.6. The summed E-state index contributed by atoms with van der Waals surface area (Å²) in [7, 11) is 1.49. The third-order valence-corrected chi connectivity index (χ3v) is 6.20. The first-order valence-corrected chi connectivity index (χ1v) is 11.7. The molecule has 1 aliphatic carbocycles. The number of pyridine rings is 1. The molecule has 4 rings (SSSR count). The number of aromatic nitrogens is 1. The smallest absolute Gasteiger partial charge is 0.418 e. The number of benzene rings is 2. The summed E-state index contributed by atoms with van der Waals surface area (Å²) in [4.78, 5) is 15.3. The van der Waals surface area contributed by atoms with Crippen molar-refractivity contribution in [1.29, 1.82) is 0 Å². The first-order chi connectivity index (χ1) is 17.2. The van der Waals surface area contributed by atoms with Crippen LogP contribution in [-0.2, 0) is 17.4 Å². The van der Waals surface area contributed by atoms with Gasteiger partial charge in [-0.1, -0.05) is 6.07 Å². The van der Waals surface area contributed by atoms with Crippen LogP contribution in [0.3, 0.4) is 0 Å². The summed E-state index contributed by atoms with van der Waals surface area (Å²) in [6, 6.07) is 14.4. The van der Waals surface area contributed by atoms with Crippen molar-refractivity contribution >= 4 is 11.8 Å². The third kappa shape index (κ3) is 6.08. The molecule has 0 bridgehead atoms. The van der Waals surface area contributed by atoms with Crippen LogP contribution >= 0.6 is 0 Å². The maximum Gasteiger partial charge on any atom is 0.418 e. The normalized spacial score (nSPS) is 14.8. The molecule has 1 aromatic heterocycles. The van der Waals surface area contributed by atoms with Crippen LogP contribution in [0.4, 0.5) is 19.0 Å². The second kappa shape index (κ2) is 10.9. The van der Waals surface area contributed by atoms with E-state index in [1.165, 1.54) is 13.2 Å². The number of carboxylic acid groups (broad SMARTS) is 1. The fourth-order valence-electron chi connectivity index (χ4n) is 4.43.